The van der Waals surface area contributed by atoms with Crippen molar-refractivity contribution in [1.29, 1.82) is 0 Å². The Morgan fingerprint density at radius 1 is 1.12 bits per heavy atom. The van der Waals surface area contributed by atoms with Crippen molar-refractivity contribution in [2.75, 3.05) is 0 Å². The molecule has 1 atom stereocenters. The van der Waals surface area contributed by atoms with Crippen molar-refractivity contribution < 1.29 is 0 Å². The van der Waals surface area contributed by atoms with E-state index in [1.165, 1.54) is 24.0 Å². The summed E-state index contributed by atoms with van der Waals surface area (Å²) in [4.78, 5) is 0. The van der Waals surface area contributed by atoms with E-state index in [1.807, 2.05) is 0 Å². The molecule has 1 unspecified atom stereocenters. The maximum Gasteiger partial charge on any atom is 0.0208 e. The Morgan fingerprint density at radius 2 is 1.71 bits per heavy atom. The molecular formula is C16H25N. The molecule has 1 heteroatoms. The first-order chi connectivity index (χ1) is 8.01. The molecule has 1 aromatic rings. The Labute approximate surface area is 106 Å². The van der Waals surface area contributed by atoms with Gasteiger partial charge in [-0.2, -0.15) is 0 Å². The second-order valence-electron chi connectivity index (χ2n) is 6.15. The van der Waals surface area contributed by atoms with E-state index < -0.39 is 0 Å². The van der Waals surface area contributed by atoms with Gasteiger partial charge in [0, 0.05) is 12.6 Å². The molecule has 1 nitrogen and oxygen atoms in total. The number of rotatable bonds is 5. The molecule has 1 N–H and O–H groups in total. The summed E-state index contributed by atoms with van der Waals surface area (Å²) in [6, 6.07) is 9.65. The van der Waals surface area contributed by atoms with Crippen LogP contribution in [0.2, 0.25) is 0 Å². The predicted octanol–water partition coefficient (Wildman–Crippen LogP) is 4.09. The molecule has 1 aromatic carbocycles. The first kappa shape index (κ1) is 12.6. The highest BCUT2D eigenvalue weighted by Gasteiger charge is 2.41. The zero-order valence-corrected chi connectivity index (χ0v) is 11.6. The molecule has 1 saturated carbocycles. The summed E-state index contributed by atoms with van der Waals surface area (Å²) in [6.07, 6.45) is 2.76. The smallest absolute Gasteiger partial charge is 0.0208 e. The lowest BCUT2D eigenvalue weighted by Crippen LogP contribution is -2.32. The van der Waals surface area contributed by atoms with Gasteiger partial charge < -0.3 is 5.32 Å². The standard InChI is InChI=1S/C16H25N/c1-12(2)15-7-5-14(6-8-15)11-17-13(3)16(4)9-10-16/h5-8,12-13,17H,9-11H2,1-4H3. The van der Waals surface area contributed by atoms with Crippen LogP contribution in [0.25, 0.3) is 0 Å². The first-order valence-electron chi connectivity index (χ1n) is 6.83. The van der Waals surface area contributed by atoms with E-state index in [1.54, 1.807) is 0 Å². The number of benzene rings is 1. The van der Waals surface area contributed by atoms with Gasteiger partial charge in [-0.25, -0.2) is 0 Å². The van der Waals surface area contributed by atoms with E-state index in [-0.39, 0.29) is 0 Å². The molecule has 1 aliphatic carbocycles. The molecule has 0 heterocycles. The summed E-state index contributed by atoms with van der Waals surface area (Å²) in [5.74, 6) is 0.626. The monoisotopic (exact) mass is 231 g/mol. The maximum atomic E-state index is 3.65. The van der Waals surface area contributed by atoms with Crippen molar-refractivity contribution in [2.24, 2.45) is 5.41 Å². The average molecular weight is 231 g/mol. The number of hydrogen-bond donors (Lipinski definition) is 1. The summed E-state index contributed by atoms with van der Waals surface area (Å²) < 4.78 is 0. The third-order valence-electron chi connectivity index (χ3n) is 4.34. The van der Waals surface area contributed by atoms with E-state index in [9.17, 15) is 0 Å². The van der Waals surface area contributed by atoms with Gasteiger partial charge in [0.15, 0.2) is 0 Å². The van der Waals surface area contributed by atoms with Crippen LogP contribution in [0.3, 0.4) is 0 Å². The van der Waals surface area contributed by atoms with Crippen LogP contribution in [-0.2, 0) is 6.54 Å². The van der Waals surface area contributed by atoms with Crippen LogP contribution in [0, 0.1) is 5.41 Å². The van der Waals surface area contributed by atoms with Gasteiger partial charge in [0.2, 0.25) is 0 Å². The van der Waals surface area contributed by atoms with Gasteiger partial charge in [0.25, 0.3) is 0 Å². The lowest BCUT2D eigenvalue weighted by Gasteiger charge is -2.20. The molecule has 1 fully saturated rings. The highest BCUT2D eigenvalue weighted by Crippen LogP contribution is 2.47. The summed E-state index contributed by atoms with van der Waals surface area (Å²) in [5.41, 5.74) is 3.39. The molecule has 0 amide bonds. The largest absolute Gasteiger partial charge is 0.310 e. The third kappa shape index (κ3) is 3.10. The summed E-state index contributed by atoms with van der Waals surface area (Å²) in [6.45, 7) is 10.2. The van der Waals surface area contributed by atoms with Gasteiger partial charge in [0.05, 0.1) is 0 Å². The van der Waals surface area contributed by atoms with Crippen molar-refractivity contribution in [3.63, 3.8) is 0 Å². The molecule has 17 heavy (non-hydrogen) atoms. The SMILES string of the molecule is CC(C)c1ccc(CNC(C)C2(C)CC2)cc1. The van der Waals surface area contributed by atoms with Crippen molar-refractivity contribution in [3.05, 3.63) is 35.4 Å². The van der Waals surface area contributed by atoms with Gasteiger partial charge in [0.1, 0.15) is 0 Å². The second-order valence-corrected chi connectivity index (χ2v) is 6.15. The topological polar surface area (TPSA) is 12.0 Å². The van der Waals surface area contributed by atoms with E-state index >= 15 is 0 Å². The van der Waals surface area contributed by atoms with E-state index in [2.05, 4.69) is 57.3 Å². The second kappa shape index (κ2) is 4.81. The van der Waals surface area contributed by atoms with Crippen molar-refractivity contribution in [1.82, 2.24) is 5.32 Å². The zero-order chi connectivity index (χ0) is 12.5. The van der Waals surface area contributed by atoms with Gasteiger partial charge in [-0.1, -0.05) is 45.0 Å². The number of nitrogens with one attached hydrogen (secondary N) is 1. The van der Waals surface area contributed by atoms with Crippen LogP contribution in [-0.4, -0.2) is 6.04 Å². The Kier molecular flexibility index (Phi) is 3.58. The molecule has 0 saturated heterocycles. The van der Waals surface area contributed by atoms with Crippen molar-refractivity contribution >= 4 is 0 Å². The third-order valence-corrected chi connectivity index (χ3v) is 4.34. The molecule has 0 aliphatic heterocycles. The fourth-order valence-corrected chi connectivity index (χ4v) is 2.17. The van der Waals surface area contributed by atoms with Gasteiger partial charge >= 0.3 is 0 Å². The van der Waals surface area contributed by atoms with Gasteiger partial charge in [-0.3, -0.25) is 0 Å². The van der Waals surface area contributed by atoms with Crippen LogP contribution >= 0.6 is 0 Å². The van der Waals surface area contributed by atoms with Crippen LogP contribution in [0.5, 0.6) is 0 Å². The molecule has 94 valence electrons. The summed E-state index contributed by atoms with van der Waals surface area (Å²) >= 11 is 0. The summed E-state index contributed by atoms with van der Waals surface area (Å²) in [5, 5.41) is 3.65. The Balaban J connectivity index is 1.86. The normalized spacial score (nSPS) is 19.4. The van der Waals surface area contributed by atoms with E-state index in [4.69, 9.17) is 0 Å². The lowest BCUT2D eigenvalue weighted by molar-refractivity contribution is 0.380. The van der Waals surface area contributed by atoms with Gasteiger partial charge in [-0.05, 0) is 42.2 Å². The molecule has 1 aliphatic rings. The average Bonchev–Trinajstić information content (AvgIpc) is 3.06. The van der Waals surface area contributed by atoms with Crippen LogP contribution in [0.4, 0.5) is 0 Å². The highest BCUT2D eigenvalue weighted by atomic mass is 14.9. The van der Waals surface area contributed by atoms with Crippen LogP contribution < -0.4 is 5.32 Å². The first-order valence-corrected chi connectivity index (χ1v) is 6.83. The predicted molar refractivity (Wildman–Crippen MR) is 74.2 cm³/mol. The molecule has 0 aromatic heterocycles. The minimum Gasteiger partial charge on any atom is -0.310 e. The molecule has 0 radical (unpaired) electrons. The van der Waals surface area contributed by atoms with Crippen molar-refractivity contribution in [2.45, 2.75) is 59.0 Å². The Bertz CT molecular complexity index is 360. The molecule has 0 spiro atoms. The highest BCUT2D eigenvalue weighted by molar-refractivity contribution is 5.24. The Hall–Kier alpha value is -0.820. The van der Waals surface area contributed by atoms with Crippen molar-refractivity contribution in [3.8, 4) is 0 Å². The molecule has 2 rings (SSSR count). The van der Waals surface area contributed by atoms with E-state index in [0.29, 0.717) is 17.4 Å². The minimum absolute atomic E-state index is 0.567. The fraction of sp³-hybridized carbons (Fsp3) is 0.625. The van der Waals surface area contributed by atoms with Crippen LogP contribution in [0.15, 0.2) is 24.3 Å². The molecular weight excluding hydrogens is 206 g/mol. The molecule has 0 bridgehead atoms. The lowest BCUT2D eigenvalue weighted by atomic mass is 9.99. The van der Waals surface area contributed by atoms with E-state index in [0.717, 1.165) is 6.54 Å². The quantitative estimate of drug-likeness (QED) is 0.805. The summed E-state index contributed by atoms with van der Waals surface area (Å²) in [7, 11) is 0. The number of hydrogen-bond acceptors (Lipinski definition) is 1. The Morgan fingerprint density at radius 3 is 2.18 bits per heavy atom. The van der Waals surface area contributed by atoms with Gasteiger partial charge in [-0.15, -0.1) is 0 Å². The fourth-order valence-electron chi connectivity index (χ4n) is 2.17. The maximum absolute atomic E-state index is 3.65. The zero-order valence-electron chi connectivity index (χ0n) is 11.6. The minimum atomic E-state index is 0.567. The van der Waals surface area contributed by atoms with Crippen LogP contribution in [0.1, 0.15) is 57.6 Å².